The van der Waals surface area contributed by atoms with Crippen molar-refractivity contribution in [3.05, 3.63) is 29.8 Å². The van der Waals surface area contributed by atoms with Crippen molar-refractivity contribution in [2.75, 3.05) is 12.6 Å². The summed E-state index contributed by atoms with van der Waals surface area (Å²) in [6.45, 7) is 0. The van der Waals surface area contributed by atoms with E-state index in [1.165, 1.54) is 7.11 Å². The standard InChI is InChI=1S/C8H9NO2/c1-11-9-8-4-2-3-7(5-8)6-10/h2-6,9H,1H3. The summed E-state index contributed by atoms with van der Waals surface area (Å²) in [5, 5.41) is 0. The molecule has 1 N–H and O–H groups in total. The monoisotopic (exact) mass is 151 g/mol. The van der Waals surface area contributed by atoms with Gasteiger partial charge in [0.25, 0.3) is 0 Å². The highest BCUT2D eigenvalue weighted by Crippen LogP contribution is 2.07. The van der Waals surface area contributed by atoms with Crippen LogP contribution in [0, 0.1) is 0 Å². The van der Waals surface area contributed by atoms with E-state index in [0.29, 0.717) is 5.56 Å². The number of hydrogen-bond acceptors (Lipinski definition) is 3. The molecule has 0 radical (unpaired) electrons. The van der Waals surface area contributed by atoms with E-state index in [1.807, 2.05) is 6.07 Å². The van der Waals surface area contributed by atoms with Gasteiger partial charge in [0.05, 0.1) is 12.8 Å². The second-order valence-corrected chi connectivity index (χ2v) is 2.05. The van der Waals surface area contributed by atoms with Crippen molar-refractivity contribution >= 4 is 12.0 Å². The molecule has 11 heavy (non-hydrogen) atoms. The Balaban J connectivity index is 2.82. The number of carbonyl (C=O) groups is 1. The Hall–Kier alpha value is -1.35. The Morgan fingerprint density at radius 2 is 2.36 bits per heavy atom. The minimum absolute atomic E-state index is 0.632. The molecule has 0 amide bonds. The lowest BCUT2D eigenvalue weighted by Crippen LogP contribution is -1.95. The van der Waals surface area contributed by atoms with Crippen molar-refractivity contribution in [1.29, 1.82) is 0 Å². The van der Waals surface area contributed by atoms with Crippen LogP contribution in [0.5, 0.6) is 0 Å². The third kappa shape index (κ3) is 2.05. The summed E-state index contributed by atoms with van der Waals surface area (Å²) < 4.78 is 0. The Morgan fingerprint density at radius 3 is 3.00 bits per heavy atom. The van der Waals surface area contributed by atoms with Crippen molar-refractivity contribution in [2.45, 2.75) is 0 Å². The van der Waals surface area contributed by atoms with Gasteiger partial charge in [0.2, 0.25) is 0 Å². The quantitative estimate of drug-likeness (QED) is 0.525. The van der Waals surface area contributed by atoms with Crippen molar-refractivity contribution < 1.29 is 9.63 Å². The van der Waals surface area contributed by atoms with Crippen LogP contribution < -0.4 is 5.48 Å². The van der Waals surface area contributed by atoms with E-state index < -0.39 is 0 Å². The Bertz CT molecular complexity index is 248. The van der Waals surface area contributed by atoms with Gasteiger partial charge < -0.3 is 0 Å². The summed E-state index contributed by atoms with van der Waals surface area (Å²) in [7, 11) is 1.52. The third-order valence-electron chi connectivity index (χ3n) is 1.24. The van der Waals surface area contributed by atoms with Gasteiger partial charge in [-0.15, -0.1) is 0 Å². The normalized spacial score (nSPS) is 9.18. The van der Waals surface area contributed by atoms with Crippen LogP contribution in [0.15, 0.2) is 24.3 Å². The number of aldehydes is 1. The van der Waals surface area contributed by atoms with Gasteiger partial charge in [0.15, 0.2) is 0 Å². The molecular formula is C8H9NO2. The molecule has 3 nitrogen and oxygen atoms in total. The van der Waals surface area contributed by atoms with Crippen LogP contribution in [-0.4, -0.2) is 13.4 Å². The van der Waals surface area contributed by atoms with Crippen LogP contribution in [0.1, 0.15) is 10.4 Å². The minimum Gasteiger partial charge on any atom is -0.298 e. The second-order valence-electron chi connectivity index (χ2n) is 2.05. The molecular weight excluding hydrogens is 142 g/mol. The third-order valence-corrected chi connectivity index (χ3v) is 1.24. The van der Waals surface area contributed by atoms with Crippen molar-refractivity contribution in [3.63, 3.8) is 0 Å². The van der Waals surface area contributed by atoms with Gasteiger partial charge in [-0.3, -0.25) is 15.1 Å². The average molecular weight is 151 g/mol. The molecule has 0 aliphatic heterocycles. The highest BCUT2D eigenvalue weighted by atomic mass is 16.6. The first-order valence-corrected chi connectivity index (χ1v) is 3.21. The highest BCUT2D eigenvalue weighted by Gasteiger charge is 1.91. The van der Waals surface area contributed by atoms with Gasteiger partial charge >= 0.3 is 0 Å². The van der Waals surface area contributed by atoms with E-state index in [1.54, 1.807) is 18.2 Å². The molecule has 0 spiro atoms. The minimum atomic E-state index is 0.632. The summed E-state index contributed by atoms with van der Waals surface area (Å²) in [6.07, 6.45) is 0.792. The van der Waals surface area contributed by atoms with E-state index in [9.17, 15) is 4.79 Å². The summed E-state index contributed by atoms with van der Waals surface area (Å²) in [5.41, 5.74) is 4.03. The van der Waals surface area contributed by atoms with Crippen LogP contribution in [-0.2, 0) is 4.84 Å². The molecule has 0 aliphatic carbocycles. The Labute approximate surface area is 64.9 Å². The highest BCUT2D eigenvalue weighted by molar-refractivity contribution is 5.76. The smallest absolute Gasteiger partial charge is 0.150 e. The summed E-state index contributed by atoms with van der Waals surface area (Å²) >= 11 is 0. The number of rotatable bonds is 3. The zero-order chi connectivity index (χ0) is 8.10. The second kappa shape index (κ2) is 3.73. The number of benzene rings is 1. The molecule has 0 aliphatic rings. The zero-order valence-corrected chi connectivity index (χ0v) is 6.20. The van der Waals surface area contributed by atoms with Crippen LogP contribution >= 0.6 is 0 Å². The molecule has 0 aromatic heterocycles. The predicted molar refractivity (Wildman–Crippen MR) is 42.5 cm³/mol. The number of anilines is 1. The summed E-state index contributed by atoms with van der Waals surface area (Å²) in [6, 6.07) is 7.03. The molecule has 0 bridgehead atoms. The largest absolute Gasteiger partial charge is 0.298 e. The van der Waals surface area contributed by atoms with Gasteiger partial charge in [-0.25, -0.2) is 0 Å². The fraction of sp³-hybridized carbons (Fsp3) is 0.125. The first-order chi connectivity index (χ1) is 5.36. The first-order valence-electron chi connectivity index (χ1n) is 3.21. The molecule has 58 valence electrons. The summed E-state index contributed by atoms with van der Waals surface area (Å²) in [4.78, 5) is 15.0. The maximum Gasteiger partial charge on any atom is 0.150 e. The maximum absolute atomic E-state index is 10.3. The zero-order valence-electron chi connectivity index (χ0n) is 6.20. The molecule has 0 saturated heterocycles. The molecule has 0 heterocycles. The molecule has 1 aromatic carbocycles. The van der Waals surface area contributed by atoms with Gasteiger partial charge in [0.1, 0.15) is 6.29 Å². The molecule has 1 aromatic rings. The fourth-order valence-corrected chi connectivity index (χ4v) is 0.793. The number of carbonyl (C=O) groups excluding carboxylic acids is 1. The summed E-state index contributed by atoms with van der Waals surface area (Å²) in [5.74, 6) is 0. The SMILES string of the molecule is CONc1cccc(C=O)c1. The molecule has 3 heteroatoms. The first kappa shape index (κ1) is 7.75. The van der Waals surface area contributed by atoms with Gasteiger partial charge in [-0.2, -0.15) is 0 Å². The van der Waals surface area contributed by atoms with Gasteiger partial charge in [0, 0.05) is 5.56 Å². The van der Waals surface area contributed by atoms with Crippen molar-refractivity contribution in [3.8, 4) is 0 Å². The van der Waals surface area contributed by atoms with E-state index in [2.05, 4.69) is 10.3 Å². The maximum atomic E-state index is 10.3. The topological polar surface area (TPSA) is 38.3 Å². The molecule has 0 saturated carbocycles. The van der Waals surface area contributed by atoms with E-state index >= 15 is 0 Å². The van der Waals surface area contributed by atoms with E-state index in [4.69, 9.17) is 0 Å². The van der Waals surface area contributed by atoms with Gasteiger partial charge in [-0.05, 0) is 12.1 Å². The average Bonchev–Trinajstić information content (AvgIpc) is 2.06. The molecule has 0 atom stereocenters. The van der Waals surface area contributed by atoms with Crippen LogP contribution in [0.25, 0.3) is 0 Å². The predicted octanol–water partition coefficient (Wildman–Crippen LogP) is 1.47. The Kier molecular flexibility index (Phi) is 2.63. The number of hydrogen-bond donors (Lipinski definition) is 1. The van der Waals surface area contributed by atoms with Crippen LogP contribution in [0.2, 0.25) is 0 Å². The van der Waals surface area contributed by atoms with Crippen molar-refractivity contribution in [1.82, 2.24) is 0 Å². The number of nitrogens with one attached hydrogen (secondary N) is 1. The molecule has 1 rings (SSSR count). The molecule has 0 fully saturated rings. The van der Waals surface area contributed by atoms with E-state index in [-0.39, 0.29) is 0 Å². The van der Waals surface area contributed by atoms with Crippen LogP contribution in [0.3, 0.4) is 0 Å². The lowest BCUT2D eigenvalue weighted by atomic mass is 10.2. The lowest BCUT2D eigenvalue weighted by molar-refractivity contribution is 0.112. The van der Waals surface area contributed by atoms with Crippen LogP contribution in [0.4, 0.5) is 5.69 Å². The lowest BCUT2D eigenvalue weighted by Gasteiger charge is -2.01. The molecule has 0 unspecified atom stereocenters. The van der Waals surface area contributed by atoms with Crippen molar-refractivity contribution in [2.24, 2.45) is 0 Å². The Morgan fingerprint density at radius 1 is 1.55 bits per heavy atom. The fourth-order valence-electron chi connectivity index (χ4n) is 0.793. The van der Waals surface area contributed by atoms with E-state index in [0.717, 1.165) is 12.0 Å². The van der Waals surface area contributed by atoms with Gasteiger partial charge in [-0.1, -0.05) is 12.1 Å².